The molecule has 3 nitrogen and oxygen atoms in total. The Balaban J connectivity index is 1.83. The van der Waals surface area contributed by atoms with Gasteiger partial charge in [-0.15, -0.1) is 11.3 Å². The van der Waals surface area contributed by atoms with Crippen molar-refractivity contribution in [2.75, 3.05) is 24.5 Å². The maximum atomic E-state index is 4.57. The van der Waals surface area contributed by atoms with Gasteiger partial charge in [0.05, 0.1) is 0 Å². The molecule has 1 aliphatic carbocycles. The minimum absolute atomic E-state index is 0.708. The molecule has 0 aromatic carbocycles. The molecular weight excluding hydrogens is 242 g/mol. The molecular formula is C14H25N3S. The molecule has 2 rings (SSSR count). The van der Waals surface area contributed by atoms with Crippen molar-refractivity contribution in [3.63, 3.8) is 0 Å². The van der Waals surface area contributed by atoms with Crippen molar-refractivity contribution in [3.05, 3.63) is 11.1 Å². The van der Waals surface area contributed by atoms with Crippen molar-refractivity contribution in [1.29, 1.82) is 0 Å². The van der Waals surface area contributed by atoms with Crippen LogP contribution >= 0.6 is 11.3 Å². The summed E-state index contributed by atoms with van der Waals surface area (Å²) in [7, 11) is 0. The number of thiazole rings is 1. The fourth-order valence-electron chi connectivity index (χ4n) is 1.96. The molecule has 1 heterocycles. The zero-order chi connectivity index (χ0) is 13.0. The number of nitrogens with zero attached hydrogens (tertiary/aromatic N) is 2. The average Bonchev–Trinajstić information content (AvgIpc) is 3.04. The normalized spacial score (nSPS) is 15.3. The van der Waals surface area contributed by atoms with Crippen LogP contribution in [0, 0.1) is 11.8 Å². The van der Waals surface area contributed by atoms with E-state index in [1.807, 2.05) is 17.5 Å². The summed E-state index contributed by atoms with van der Waals surface area (Å²) in [6.07, 6.45) is 4.85. The van der Waals surface area contributed by atoms with E-state index in [2.05, 4.69) is 36.0 Å². The lowest BCUT2D eigenvalue weighted by molar-refractivity contribution is 0.554. The highest BCUT2D eigenvalue weighted by Crippen LogP contribution is 2.32. The van der Waals surface area contributed by atoms with Gasteiger partial charge in [0.2, 0.25) is 0 Å². The summed E-state index contributed by atoms with van der Waals surface area (Å²) in [5, 5.41) is 4.68. The van der Waals surface area contributed by atoms with Gasteiger partial charge in [-0.2, -0.15) is 0 Å². The van der Waals surface area contributed by atoms with Gasteiger partial charge in [0, 0.05) is 30.7 Å². The first-order valence-corrected chi connectivity index (χ1v) is 7.91. The van der Waals surface area contributed by atoms with E-state index >= 15 is 0 Å². The number of anilines is 1. The van der Waals surface area contributed by atoms with Crippen LogP contribution in [-0.2, 0) is 6.54 Å². The lowest BCUT2D eigenvalue weighted by atomic mass is 10.2. The summed E-state index contributed by atoms with van der Waals surface area (Å²) in [4.78, 5) is 8.34. The van der Waals surface area contributed by atoms with Crippen LogP contribution in [0.1, 0.15) is 38.5 Å². The Morgan fingerprint density at radius 3 is 2.89 bits per heavy atom. The second-order valence-electron chi connectivity index (χ2n) is 5.62. The standard InChI is InChI=1S/C14H25N3S/c1-4-17(10-12-5-6-12)14-16-9-13(18-14)8-15-7-11(2)3/h9,11-12,15H,4-8,10H2,1-3H3. The quantitative estimate of drug-likeness (QED) is 0.784. The van der Waals surface area contributed by atoms with E-state index in [0.29, 0.717) is 5.92 Å². The average molecular weight is 267 g/mol. The van der Waals surface area contributed by atoms with E-state index in [0.717, 1.165) is 25.6 Å². The van der Waals surface area contributed by atoms with E-state index in [4.69, 9.17) is 0 Å². The molecule has 0 amide bonds. The highest BCUT2D eigenvalue weighted by atomic mass is 32.1. The lowest BCUT2D eigenvalue weighted by Crippen LogP contribution is -2.24. The van der Waals surface area contributed by atoms with Crippen LogP contribution < -0.4 is 10.2 Å². The van der Waals surface area contributed by atoms with Gasteiger partial charge in [-0.1, -0.05) is 13.8 Å². The second-order valence-corrected chi connectivity index (χ2v) is 6.71. The lowest BCUT2D eigenvalue weighted by Gasteiger charge is -2.19. The first-order valence-electron chi connectivity index (χ1n) is 7.09. The molecule has 0 aliphatic heterocycles. The Kier molecular flexibility index (Phi) is 5.01. The molecule has 0 spiro atoms. The fraction of sp³-hybridized carbons (Fsp3) is 0.786. The largest absolute Gasteiger partial charge is 0.348 e. The first kappa shape index (κ1) is 13.8. The fourth-order valence-corrected chi connectivity index (χ4v) is 2.92. The Bertz CT molecular complexity index is 358. The molecule has 18 heavy (non-hydrogen) atoms. The summed E-state index contributed by atoms with van der Waals surface area (Å²) < 4.78 is 0. The molecule has 0 atom stereocenters. The minimum atomic E-state index is 0.708. The molecule has 0 saturated heterocycles. The molecule has 1 fully saturated rings. The smallest absolute Gasteiger partial charge is 0.185 e. The third kappa shape index (κ3) is 4.25. The topological polar surface area (TPSA) is 28.2 Å². The minimum Gasteiger partial charge on any atom is -0.348 e. The Hall–Kier alpha value is -0.610. The molecule has 0 unspecified atom stereocenters. The Morgan fingerprint density at radius 1 is 1.50 bits per heavy atom. The van der Waals surface area contributed by atoms with Crippen LogP contribution in [0.5, 0.6) is 0 Å². The van der Waals surface area contributed by atoms with Gasteiger partial charge in [0.25, 0.3) is 0 Å². The van der Waals surface area contributed by atoms with Crippen molar-refractivity contribution in [3.8, 4) is 0 Å². The summed E-state index contributed by atoms with van der Waals surface area (Å²) in [5.41, 5.74) is 0. The van der Waals surface area contributed by atoms with Crippen LogP contribution in [0.2, 0.25) is 0 Å². The van der Waals surface area contributed by atoms with Crippen molar-refractivity contribution < 1.29 is 0 Å². The molecule has 0 radical (unpaired) electrons. The molecule has 1 aliphatic rings. The number of hydrogen-bond donors (Lipinski definition) is 1. The van der Waals surface area contributed by atoms with Gasteiger partial charge >= 0.3 is 0 Å². The number of hydrogen-bond acceptors (Lipinski definition) is 4. The molecule has 102 valence electrons. The Labute approximate surface area is 115 Å². The summed E-state index contributed by atoms with van der Waals surface area (Å²) in [6, 6.07) is 0. The molecule has 0 bridgehead atoms. The summed E-state index contributed by atoms with van der Waals surface area (Å²) in [6.45, 7) is 11.0. The number of rotatable bonds is 8. The predicted octanol–water partition coefficient (Wildman–Crippen LogP) is 3.13. The van der Waals surface area contributed by atoms with Crippen molar-refractivity contribution in [2.45, 2.75) is 40.2 Å². The zero-order valence-corrected chi connectivity index (χ0v) is 12.6. The zero-order valence-electron chi connectivity index (χ0n) is 11.8. The maximum absolute atomic E-state index is 4.57. The van der Waals surface area contributed by atoms with Crippen LogP contribution in [0.4, 0.5) is 5.13 Å². The number of nitrogens with one attached hydrogen (secondary N) is 1. The van der Waals surface area contributed by atoms with Gasteiger partial charge in [-0.25, -0.2) is 4.98 Å². The maximum Gasteiger partial charge on any atom is 0.185 e. The Morgan fingerprint density at radius 2 is 2.28 bits per heavy atom. The molecule has 1 N–H and O–H groups in total. The SMILES string of the molecule is CCN(CC1CC1)c1ncc(CNCC(C)C)s1. The predicted molar refractivity (Wildman–Crippen MR) is 79.3 cm³/mol. The second kappa shape index (κ2) is 6.53. The molecule has 1 aromatic heterocycles. The van der Waals surface area contributed by atoms with E-state index in [9.17, 15) is 0 Å². The third-order valence-electron chi connectivity index (χ3n) is 3.22. The van der Waals surface area contributed by atoms with Crippen LogP contribution in [0.15, 0.2) is 6.20 Å². The highest BCUT2D eigenvalue weighted by molar-refractivity contribution is 7.15. The van der Waals surface area contributed by atoms with Crippen LogP contribution in [0.25, 0.3) is 0 Å². The molecule has 4 heteroatoms. The van der Waals surface area contributed by atoms with Gasteiger partial charge in [-0.3, -0.25) is 0 Å². The van der Waals surface area contributed by atoms with E-state index in [-0.39, 0.29) is 0 Å². The van der Waals surface area contributed by atoms with Crippen molar-refractivity contribution >= 4 is 16.5 Å². The van der Waals surface area contributed by atoms with Gasteiger partial charge in [-0.05, 0) is 38.1 Å². The van der Waals surface area contributed by atoms with E-state index < -0.39 is 0 Å². The molecule has 1 saturated carbocycles. The summed E-state index contributed by atoms with van der Waals surface area (Å²) in [5.74, 6) is 1.63. The van der Waals surface area contributed by atoms with Crippen LogP contribution in [-0.4, -0.2) is 24.6 Å². The van der Waals surface area contributed by atoms with Crippen molar-refractivity contribution in [1.82, 2.24) is 10.3 Å². The summed E-state index contributed by atoms with van der Waals surface area (Å²) >= 11 is 1.84. The molecule has 1 aromatic rings. The third-order valence-corrected chi connectivity index (χ3v) is 4.28. The van der Waals surface area contributed by atoms with Crippen molar-refractivity contribution in [2.24, 2.45) is 11.8 Å². The van der Waals surface area contributed by atoms with Gasteiger partial charge in [0.1, 0.15) is 0 Å². The van der Waals surface area contributed by atoms with Gasteiger partial charge in [0.15, 0.2) is 5.13 Å². The van der Waals surface area contributed by atoms with E-state index in [1.165, 1.54) is 29.4 Å². The van der Waals surface area contributed by atoms with E-state index in [1.54, 1.807) is 0 Å². The first-order chi connectivity index (χ1) is 8.69. The highest BCUT2D eigenvalue weighted by Gasteiger charge is 2.24. The van der Waals surface area contributed by atoms with Gasteiger partial charge < -0.3 is 10.2 Å². The monoisotopic (exact) mass is 267 g/mol. The number of aromatic nitrogens is 1. The van der Waals surface area contributed by atoms with Crippen LogP contribution in [0.3, 0.4) is 0 Å².